The van der Waals surface area contributed by atoms with Crippen LogP contribution in [0.5, 0.6) is 0 Å². The van der Waals surface area contributed by atoms with Gasteiger partial charge in [-0.05, 0) is 37.6 Å². The molecule has 0 saturated carbocycles. The maximum atomic E-state index is 4.07. The normalized spacial score (nSPS) is 10.2. The van der Waals surface area contributed by atoms with E-state index in [1.54, 1.807) is 0 Å². The van der Waals surface area contributed by atoms with E-state index in [-0.39, 0.29) is 0 Å². The van der Waals surface area contributed by atoms with E-state index in [0.29, 0.717) is 0 Å². The monoisotopic (exact) mass is 178 g/mol. The first-order valence-corrected chi connectivity index (χ1v) is 5.03. The van der Waals surface area contributed by atoms with Gasteiger partial charge in [0.2, 0.25) is 0 Å². The van der Waals surface area contributed by atoms with Crippen molar-refractivity contribution in [1.29, 1.82) is 0 Å². The number of nitrogens with zero attached hydrogens (tertiary/aromatic N) is 1. The highest BCUT2D eigenvalue weighted by Crippen LogP contribution is 1.95. The van der Waals surface area contributed by atoms with Crippen molar-refractivity contribution in [3.8, 4) is 0 Å². The van der Waals surface area contributed by atoms with Crippen LogP contribution in [0.2, 0.25) is 0 Å². The van der Waals surface area contributed by atoms with E-state index in [2.05, 4.69) is 23.3 Å². The van der Waals surface area contributed by atoms with E-state index < -0.39 is 0 Å². The smallest absolute Gasteiger partial charge is 0.0300 e. The van der Waals surface area contributed by atoms with Crippen LogP contribution >= 0.6 is 0 Å². The standard InChI is InChI=1S/C11H18N2/c1-2-3-7-12-9-6-11-5-4-8-13-10-11/h4-5,8,10,12H,2-3,6-7,9H2,1H3. The molecule has 1 heterocycles. The number of pyridine rings is 1. The van der Waals surface area contributed by atoms with E-state index in [1.165, 1.54) is 18.4 Å². The van der Waals surface area contributed by atoms with Crippen LogP contribution in [0.15, 0.2) is 24.5 Å². The van der Waals surface area contributed by atoms with Crippen LogP contribution in [0.25, 0.3) is 0 Å². The molecular formula is C11H18N2. The number of nitrogens with one attached hydrogen (secondary N) is 1. The Hall–Kier alpha value is -0.890. The molecule has 0 bridgehead atoms. The fourth-order valence-corrected chi connectivity index (χ4v) is 1.21. The van der Waals surface area contributed by atoms with Gasteiger partial charge in [0.05, 0.1) is 0 Å². The minimum Gasteiger partial charge on any atom is -0.316 e. The lowest BCUT2D eigenvalue weighted by Gasteiger charge is -2.02. The Morgan fingerprint density at radius 2 is 2.31 bits per heavy atom. The van der Waals surface area contributed by atoms with Crippen LogP contribution in [0.4, 0.5) is 0 Å². The first-order valence-electron chi connectivity index (χ1n) is 5.03. The van der Waals surface area contributed by atoms with E-state index >= 15 is 0 Å². The van der Waals surface area contributed by atoms with Crippen molar-refractivity contribution in [3.05, 3.63) is 30.1 Å². The Morgan fingerprint density at radius 1 is 1.38 bits per heavy atom. The van der Waals surface area contributed by atoms with Crippen LogP contribution in [-0.2, 0) is 6.42 Å². The summed E-state index contributed by atoms with van der Waals surface area (Å²) in [6, 6.07) is 4.11. The van der Waals surface area contributed by atoms with Crippen molar-refractivity contribution >= 4 is 0 Å². The van der Waals surface area contributed by atoms with Crippen LogP contribution in [0, 0.1) is 0 Å². The van der Waals surface area contributed by atoms with E-state index in [1.807, 2.05) is 18.5 Å². The van der Waals surface area contributed by atoms with Gasteiger partial charge >= 0.3 is 0 Å². The van der Waals surface area contributed by atoms with Gasteiger partial charge in [-0.25, -0.2) is 0 Å². The molecular weight excluding hydrogens is 160 g/mol. The quantitative estimate of drug-likeness (QED) is 0.674. The third-order valence-corrected chi connectivity index (χ3v) is 2.02. The summed E-state index contributed by atoms with van der Waals surface area (Å²) < 4.78 is 0. The SMILES string of the molecule is CCCCNCCc1cccnc1. The van der Waals surface area contributed by atoms with E-state index in [9.17, 15) is 0 Å². The highest BCUT2D eigenvalue weighted by atomic mass is 14.8. The van der Waals surface area contributed by atoms with Gasteiger partial charge in [0, 0.05) is 12.4 Å². The molecule has 0 aliphatic carbocycles. The molecule has 72 valence electrons. The van der Waals surface area contributed by atoms with Crippen molar-refractivity contribution in [3.63, 3.8) is 0 Å². The Bertz CT molecular complexity index is 209. The van der Waals surface area contributed by atoms with Crippen molar-refractivity contribution in [2.75, 3.05) is 13.1 Å². The van der Waals surface area contributed by atoms with Crippen molar-refractivity contribution in [2.45, 2.75) is 26.2 Å². The molecule has 0 spiro atoms. The lowest BCUT2D eigenvalue weighted by molar-refractivity contribution is 0.639. The molecule has 0 aliphatic heterocycles. The minimum atomic E-state index is 1.06. The summed E-state index contributed by atoms with van der Waals surface area (Å²) in [5.74, 6) is 0. The molecule has 1 aromatic heterocycles. The van der Waals surface area contributed by atoms with E-state index in [4.69, 9.17) is 0 Å². The molecule has 1 rings (SSSR count). The summed E-state index contributed by atoms with van der Waals surface area (Å²) in [5.41, 5.74) is 1.31. The number of unbranched alkanes of at least 4 members (excludes halogenated alkanes) is 1. The molecule has 0 saturated heterocycles. The topological polar surface area (TPSA) is 24.9 Å². The van der Waals surface area contributed by atoms with Crippen LogP contribution in [0.1, 0.15) is 25.3 Å². The number of hydrogen-bond acceptors (Lipinski definition) is 2. The second-order valence-corrected chi connectivity index (χ2v) is 3.21. The Labute approximate surface area is 80.4 Å². The molecule has 0 atom stereocenters. The molecule has 1 aromatic rings. The molecule has 0 aliphatic rings. The van der Waals surface area contributed by atoms with Gasteiger partial charge < -0.3 is 5.32 Å². The van der Waals surface area contributed by atoms with Crippen LogP contribution < -0.4 is 5.32 Å². The van der Waals surface area contributed by atoms with Gasteiger partial charge in [-0.3, -0.25) is 4.98 Å². The average Bonchev–Trinajstić information content (AvgIpc) is 2.19. The van der Waals surface area contributed by atoms with E-state index in [0.717, 1.165) is 19.5 Å². The summed E-state index contributed by atoms with van der Waals surface area (Å²) in [7, 11) is 0. The maximum Gasteiger partial charge on any atom is 0.0300 e. The lowest BCUT2D eigenvalue weighted by atomic mass is 10.2. The largest absolute Gasteiger partial charge is 0.316 e. The van der Waals surface area contributed by atoms with Crippen molar-refractivity contribution < 1.29 is 0 Å². The molecule has 0 aromatic carbocycles. The van der Waals surface area contributed by atoms with Gasteiger partial charge in [0.1, 0.15) is 0 Å². The zero-order chi connectivity index (χ0) is 9.36. The molecule has 1 N–H and O–H groups in total. The van der Waals surface area contributed by atoms with Crippen molar-refractivity contribution in [1.82, 2.24) is 10.3 Å². The zero-order valence-corrected chi connectivity index (χ0v) is 8.29. The fourth-order valence-electron chi connectivity index (χ4n) is 1.21. The highest BCUT2D eigenvalue weighted by Gasteiger charge is 1.90. The number of rotatable bonds is 6. The summed E-state index contributed by atoms with van der Waals surface area (Å²) in [5, 5.41) is 3.41. The van der Waals surface area contributed by atoms with Crippen LogP contribution in [-0.4, -0.2) is 18.1 Å². The zero-order valence-electron chi connectivity index (χ0n) is 8.29. The first kappa shape index (κ1) is 10.2. The van der Waals surface area contributed by atoms with Gasteiger partial charge in [0.25, 0.3) is 0 Å². The Kier molecular flexibility index (Phi) is 5.18. The summed E-state index contributed by atoms with van der Waals surface area (Å²) in [6.07, 6.45) is 7.36. The predicted octanol–water partition coefficient (Wildman–Crippen LogP) is 2.01. The third kappa shape index (κ3) is 4.63. The van der Waals surface area contributed by atoms with Gasteiger partial charge in [-0.15, -0.1) is 0 Å². The molecule has 2 nitrogen and oxygen atoms in total. The molecule has 0 fully saturated rings. The first-order chi connectivity index (χ1) is 6.43. The minimum absolute atomic E-state index is 1.06. The van der Waals surface area contributed by atoms with Gasteiger partial charge in [-0.1, -0.05) is 19.4 Å². The van der Waals surface area contributed by atoms with Crippen molar-refractivity contribution in [2.24, 2.45) is 0 Å². The summed E-state index contributed by atoms with van der Waals surface area (Å²) >= 11 is 0. The third-order valence-electron chi connectivity index (χ3n) is 2.02. The fraction of sp³-hybridized carbons (Fsp3) is 0.545. The summed E-state index contributed by atoms with van der Waals surface area (Å²) in [4.78, 5) is 4.07. The highest BCUT2D eigenvalue weighted by molar-refractivity contribution is 5.08. The molecule has 2 heteroatoms. The number of aromatic nitrogens is 1. The van der Waals surface area contributed by atoms with Gasteiger partial charge in [0.15, 0.2) is 0 Å². The summed E-state index contributed by atoms with van der Waals surface area (Å²) in [6.45, 7) is 4.41. The second-order valence-electron chi connectivity index (χ2n) is 3.21. The Balaban J connectivity index is 2.07. The molecule has 0 amide bonds. The molecule has 0 radical (unpaired) electrons. The second kappa shape index (κ2) is 6.61. The molecule has 13 heavy (non-hydrogen) atoms. The molecule has 0 unspecified atom stereocenters. The lowest BCUT2D eigenvalue weighted by Crippen LogP contribution is -2.18. The van der Waals surface area contributed by atoms with Crippen LogP contribution in [0.3, 0.4) is 0 Å². The Morgan fingerprint density at radius 3 is 3.00 bits per heavy atom. The number of hydrogen-bond donors (Lipinski definition) is 1. The average molecular weight is 178 g/mol. The van der Waals surface area contributed by atoms with Gasteiger partial charge in [-0.2, -0.15) is 0 Å². The predicted molar refractivity (Wildman–Crippen MR) is 55.7 cm³/mol. The maximum absolute atomic E-state index is 4.07.